The molecule has 1 aliphatic heterocycles. The number of nitrogens with one attached hydrogen (secondary N) is 1. The maximum atomic E-state index is 12.3. The van der Waals surface area contributed by atoms with E-state index >= 15 is 0 Å². The summed E-state index contributed by atoms with van der Waals surface area (Å²) < 4.78 is 0. The lowest BCUT2D eigenvalue weighted by atomic mass is 10.1. The van der Waals surface area contributed by atoms with E-state index < -0.39 is 0 Å². The van der Waals surface area contributed by atoms with Crippen molar-refractivity contribution in [1.29, 1.82) is 0 Å². The van der Waals surface area contributed by atoms with Crippen LogP contribution in [0.1, 0.15) is 30.0 Å². The van der Waals surface area contributed by atoms with Crippen molar-refractivity contribution in [2.45, 2.75) is 25.3 Å². The molecule has 6 heteroatoms. The molecule has 2 atom stereocenters. The number of aliphatic hydroxyl groups is 1. The van der Waals surface area contributed by atoms with Crippen LogP contribution in [0.5, 0.6) is 0 Å². The zero-order valence-corrected chi connectivity index (χ0v) is 13.1. The van der Waals surface area contributed by atoms with Crippen LogP contribution in [-0.4, -0.2) is 35.7 Å². The molecule has 3 rings (SSSR count). The summed E-state index contributed by atoms with van der Waals surface area (Å²) >= 11 is 12.3. The highest BCUT2D eigenvalue weighted by Gasteiger charge is 2.30. The molecule has 2 N–H and O–H groups in total. The first-order valence-electron chi connectivity index (χ1n) is 7.23. The predicted octanol–water partition coefficient (Wildman–Crippen LogP) is 3.00. The number of nitrogens with zero attached hydrogens (tertiary/aromatic N) is 1. The number of carbonyl (C=O) groups is 1. The molecule has 1 heterocycles. The molecule has 2 aliphatic rings. The van der Waals surface area contributed by atoms with Crippen molar-refractivity contribution in [2.75, 3.05) is 19.7 Å². The van der Waals surface area contributed by atoms with Gasteiger partial charge in [0.1, 0.15) is 0 Å². The summed E-state index contributed by atoms with van der Waals surface area (Å²) in [5.41, 5.74) is 2.11. The molecule has 2 amide bonds. The van der Waals surface area contributed by atoms with Crippen molar-refractivity contribution >= 4 is 29.2 Å². The maximum Gasteiger partial charge on any atom is 0.317 e. The molecule has 1 fully saturated rings. The second-order valence-corrected chi connectivity index (χ2v) is 6.54. The molecule has 0 radical (unpaired) electrons. The highest BCUT2D eigenvalue weighted by molar-refractivity contribution is 6.42. The van der Waals surface area contributed by atoms with Crippen LogP contribution in [0.2, 0.25) is 10.0 Å². The number of rotatable bonds is 2. The van der Waals surface area contributed by atoms with Gasteiger partial charge in [0.2, 0.25) is 0 Å². The summed E-state index contributed by atoms with van der Waals surface area (Å²) in [6, 6.07) is 3.66. The highest BCUT2D eigenvalue weighted by atomic mass is 35.5. The third-order valence-electron chi connectivity index (χ3n) is 4.42. The Morgan fingerprint density at radius 2 is 2.19 bits per heavy atom. The standard InChI is InChI=1S/C15H18Cl2N2O2/c16-12-3-1-10-11(14(12)17)2-4-13(10)18-15(21)19-6-5-9(7-19)8-20/h1,3,9,13,20H,2,4-8H2,(H,18,21). The van der Waals surface area contributed by atoms with E-state index in [4.69, 9.17) is 28.3 Å². The predicted molar refractivity (Wildman–Crippen MR) is 82.8 cm³/mol. The fourth-order valence-electron chi connectivity index (χ4n) is 3.19. The summed E-state index contributed by atoms with van der Waals surface area (Å²) in [6.07, 6.45) is 2.55. The van der Waals surface area contributed by atoms with Gasteiger partial charge in [0.15, 0.2) is 0 Å². The number of aliphatic hydroxyl groups excluding tert-OH is 1. The van der Waals surface area contributed by atoms with Crippen molar-refractivity contribution < 1.29 is 9.90 Å². The third kappa shape index (κ3) is 2.85. The molecule has 0 spiro atoms. The summed E-state index contributed by atoms with van der Waals surface area (Å²) in [4.78, 5) is 14.1. The molecule has 4 nitrogen and oxygen atoms in total. The van der Waals surface area contributed by atoms with Gasteiger partial charge >= 0.3 is 6.03 Å². The Balaban J connectivity index is 1.68. The lowest BCUT2D eigenvalue weighted by Gasteiger charge is -2.21. The Morgan fingerprint density at radius 3 is 2.90 bits per heavy atom. The number of hydrogen-bond acceptors (Lipinski definition) is 2. The van der Waals surface area contributed by atoms with E-state index in [1.165, 1.54) is 0 Å². The molecule has 2 unspecified atom stereocenters. The van der Waals surface area contributed by atoms with Gasteiger partial charge < -0.3 is 15.3 Å². The minimum atomic E-state index is -0.0603. The SMILES string of the molecule is O=C(NC1CCc2c1ccc(Cl)c2Cl)N1CCC(CO)C1. The summed E-state index contributed by atoms with van der Waals surface area (Å²) in [6.45, 7) is 1.48. The molecule has 1 aromatic carbocycles. The zero-order chi connectivity index (χ0) is 15.0. The fourth-order valence-corrected chi connectivity index (χ4v) is 3.63. The molecule has 0 bridgehead atoms. The minimum absolute atomic E-state index is 0.00422. The van der Waals surface area contributed by atoms with Crippen LogP contribution in [0.3, 0.4) is 0 Å². The van der Waals surface area contributed by atoms with Crippen molar-refractivity contribution in [3.8, 4) is 0 Å². The molecule has 1 saturated heterocycles. The smallest absolute Gasteiger partial charge is 0.317 e. The second-order valence-electron chi connectivity index (χ2n) is 5.75. The third-order valence-corrected chi connectivity index (χ3v) is 5.26. The molecular weight excluding hydrogens is 311 g/mol. The van der Waals surface area contributed by atoms with E-state index in [9.17, 15) is 4.79 Å². The van der Waals surface area contributed by atoms with Gasteiger partial charge in [-0.2, -0.15) is 0 Å². The van der Waals surface area contributed by atoms with Gasteiger partial charge in [0, 0.05) is 25.6 Å². The van der Waals surface area contributed by atoms with Gasteiger partial charge in [-0.1, -0.05) is 29.3 Å². The monoisotopic (exact) mass is 328 g/mol. The Hall–Kier alpha value is -0.970. The number of benzene rings is 1. The quantitative estimate of drug-likeness (QED) is 0.876. The van der Waals surface area contributed by atoms with Gasteiger partial charge in [0.25, 0.3) is 0 Å². The van der Waals surface area contributed by atoms with Crippen molar-refractivity contribution in [3.63, 3.8) is 0 Å². The average molecular weight is 329 g/mol. The molecule has 1 aromatic rings. The lowest BCUT2D eigenvalue weighted by Crippen LogP contribution is -2.40. The number of amides is 2. The summed E-state index contributed by atoms with van der Waals surface area (Å²) in [7, 11) is 0. The molecule has 0 aromatic heterocycles. The molecule has 0 saturated carbocycles. The van der Waals surface area contributed by atoms with E-state index in [-0.39, 0.29) is 24.6 Å². The van der Waals surface area contributed by atoms with Gasteiger partial charge in [-0.05, 0) is 36.5 Å². The molecule has 1 aliphatic carbocycles. The van der Waals surface area contributed by atoms with Crippen LogP contribution < -0.4 is 5.32 Å². The fraction of sp³-hybridized carbons (Fsp3) is 0.533. The average Bonchev–Trinajstić information content (AvgIpc) is 3.10. The second kappa shape index (κ2) is 6.03. The van der Waals surface area contributed by atoms with E-state index in [0.29, 0.717) is 23.1 Å². The molecule has 114 valence electrons. The van der Waals surface area contributed by atoms with Crippen LogP contribution in [0.25, 0.3) is 0 Å². The highest BCUT2D eigenvalue weighted by Crippen LogP contribution is 2.39. The van der Waals surface area contributed by atoms with Gasteiger partial charge in [-0.25, -0.2) is 4.79 Å². The number of fused-ring (bicyclic) bond motifs is 1. The number of carbonyl (C=O) groups excluding carboxylic acids is 1. The van der Waals surface area contributed by atoms with Crippen LogP contribution in [0, 0.1) is 5.92 Å². The van der Waals surface area contributed by atoms with Crippen LogP contribution in [0.4, 0.5) is 4.79 Å². The first kappa shape index (κ1) is 14.9. The normalized spacial score (nSPS) is 24.2. The van der Waals surface area contributed by atoms with E-state index in [0.717, 1.165) is 30.4 Å². The number of urea groups is 1. The van der Waals surface area contributed by atoms with Crippen molar-refractivity contribution in [1.82, 2.24) is 10.2 Å². The Kier molecular flexibility index (Phi) is 4.29. The van der Waals surface area contributed by atoms with Crippen LogP contribution in [0.15, 0.2) is 12.1 Å². The number of hydrogen-bond donors (Lipinski definition) is 2. The van der Waals surface area contributed by atoms with E-state index in [1.54, 1.807) is 11.0 Å². The maximum absolute atomic E-state index is 12.3. The van der Waals surface area contributed by atoms with Crippen LogP contribution in [-0.2, 0) is 6.42 Å². The molecule has 21 heavy (non-hydrogen) atoms. The largest absolute Gasteiger partial charge is 0.396 e. The minimum Gasteiger partial charge on any atom is -0.396 e. The summed E-state index contributed by atoms with van der Waals surface area (Å²) in [5, 5.41) is 13.4. The Morgan fingerprint density at radius 1 is 1.38 bits per heavy atom. The van der Waals surface area contributed by atoms with Gasteiger partial charge in [-0.3, -0.25) is 0 Å². The topological polar surface area (TPSA) is 52.6 Å². The van der Waals surface area contributed by atoms with E-state index in [2.05, 4.69) is 5.32 Å². The van der Waals surface area contributed by atoms with Crippen LogP contribution >= 0.6 is 23.2 Å². The Labute approximate surface area is 134 Å². The first-order valence-corrected chi connectivity index (χ1v) is 7.98. The van der Waals surface area contributed by atoms with Gasteiger partial charge in [0.05, 0.1) is 16.1 Å². The lowest BCUT2D eigenvalue weighted by molar-refractivity contribution is 0.195. The van der Waals surface area contributed by atoms with Crippen molar-refractivity contribution in [3.05, 3.63) is 33.3 Å². The number of halogens is 2. The summed E-state index contributed by atoms with van der Waals surface area (Å²) in [5.74, 6) is 0.208. The van der Waals surface area contributed by atoms with Crippen molar-refractivity contribution in [2.24, 2.45) is 5.92 Å². The first-order chi connectivity index (χ1) is 10.1. The Bertz CT molecular complexity index is 565. The molecular formula is C15H18Cl2N2O2. The zero-order valence-electron chi connectivity index (χ0n) is 11.6. The van der Waals surface area contributed by atoms with Gasteiger partial charge in [-0.15, -0.1) is 0 Å². The number of likely N-dealkylation sites (tertiary alicyclic amines) is 1. The van der Waals surface area contributed by atoms with E-state index in [1.807, 2.05) is 6.07 Å².